The van der Waals surface area contributed by atoms with Crippen LogP contribution in [0.3, 0.4) is 0 Å². The van der Waals surface area contributed by atoms with E-state index in [1.165, 1.54) is 6.92 Å². The van der Waals surface area contributed by atoms with Crippen molar-refractivity contribution in [2.24, 2.45) is 0 Å². The zero-order valence-electron chi connectivity index (χ0n) is 15.1. The molecule has 2 unspecified atom stereocenters. The standard InChI is InChI=1S/C21H24N2O3/c1-15(24)23-14-6-9-19(23)21(25)22-20(16-7-4-3-5-8-16)17-10-12-18(26-2)13-11-17/h3-5,7-8,10-13,19-20H,6,9,14H2,1-2H3,(H,22,25). The molecule has 1 heterocycles. The quantitative estimate of drug-likeness (QED) is 0.900. The molecule has 136 valence electrons. The minimum atomic E-state index is -0.392. The first-order chi connectivity index (χ1) is 12.6. The van der Waals surface area contributed by atoms with Crippen molar-refractivity contribution in [2.45, 2.75) is 31.8 Å². The molecule has 1 aliphatic heterocycles. The number of ether oxygens (including phenoxy) is 1. The normalized spacial score (nSPS) is 17.6. The molecule has 3 rings (SSSR count). The van der Waals surface area contributed by atoms with Crippen LogP contribution in [0, 0.1) is 0 Å². The minimum Gasteiger partial charge on any atom is -0.497 e. The largest absolute Gasteiger partial charge is 0.497 e. The van der Waals surface area contributed by atoms with E-state index in [9.17, 15) is 9.59 Å². The van der Waals surface area contributed by atoms with E-state index < -0.39 is 6.04 Å². The van der Waals surface area contributed by atoms with Gasteiger partial charge >= 0.3 is 0 Å². The highest BCUT2D eigenvalue weighted by atomic mass is 16.5. The molecular weight excluding hydrogens is 328 g/mol. The van der Waals surface area contributed by atoms with E-state index in [2.05, 4.69) is 5.32 Å². The van der Waals surface area contributed by atoms with Gasteiger partial charge in [0.2, 0.25) is 11.8 Å². The summed E-state index contributed by atoms with van der Waals surface area (Å²) >= 11 is 0. The Balaban J connectivity index is 1.86. The summed E-state index contributed by atoms with van der Waals surface area (Å²) in [4.78, 5) is 26.4. The van der Waals surface area contributed by atoms with Crippen molar-refractivity contribution >= 4 is 11.8 Å². The fraction of sp³-hybridized carbons (Fsp3) is 0.333. The molecule has 2 aromatic carbocycles. The fourth-order valence-corrected chi connectivity index (χ4v) is 3.46. The maximum Gasteiger partial charge on any atom is 0.243 e. The smallest absolute Gasteiger partial charge is 0.243 e. The Morgan fingerprint density at radius 2 is 1.73 bits per heavy atom. The third-order valence-electron chi connectivity index (χ3n) is 4.83. The van der Waals surface area contributed by atoms with Crippen LogP contribution in [-0.4, -0.2) is 36.4 Å². The average molecular weight is 352 g/mol. The van der Waals surface area contributed by atoms with Crippen LogP contribution in [0.15, 0.2) is 54.6 Å². The van der Waals surface area contributed by atoms with Crippen LogP contribution in [0.4, 0.5) is 0 Å². The number of carbonyl (C=O) groups is 2. The minimum absolute atomic E-state index is 0.0524. The van der Waals surface area contributed by atoms with Gasteiger partial charge < -0.3 is 15.0 Å². The number of nitrogens with one attached hydrogen (secondary N) is 1. The molecule has 0 saturated carbocycles. The predicted molar refractivity (Wildman–Crippen MR) is 99.8 cm³/mol. The van der Waals surface area contributed by atoms with Crippen molar-refractivity contribution in [3.05, 3.63) is 65.7 Å². The summed E-state index contributed by atoms with van der Waals surface area (Å²) in [6.45, 7) is 2.16. The number of hydrogen-bond donors (Lipinski definition) is 1. The highest BCUT2D eigenvalue weighted by Crippen LogP contribution is 2.26. The third kappa shape index (κ3) is 3.87. The van der Waals surface area contributed by atoms with E-state index >= 15 is 0 Å². The molecular formula is C21H24N2O3. The molecule has 5 nitrogen and oxygen atoms in total. The fourth-order valence-electron chi connectivity index (χ4n) is 3.46. The number of benzene rings is 2. The molecule has 2 atom stereocenters. The second-order valence-corrected chi connectivity index (χ2v) is 6.50. The molecule has 2 aromatic rings. The van der Waals surface area contributed by atoms with Crippen molar-refractivity contribution in [2.75, 3.05) is 13.7 Å². The summed E-state index contributed by atoms with van der Waals surface area (Å²) < 4.78 is 5.23. The topological polar surface area (TPSA) is 58.6 Å². The second kappa shape index (κ2) is 8.04. The molecule has 26 heavy (non-hydrogen) atoms. The Morgan fingerprint density at radius 1 is 1.08 bits per heavy atom. The Bertz CT molecular complexity index is 759. The van der Waals surface area contributed by atoms with Crippen LogP contribution in [-0.2, 0) is 9.59 Å². The van der Waals surface area contributed by atoms with E-state index in [1.54, 1.807) is 12.0 Å². The summed E-state index contributed by atoms with van der Waals surface area (Å²) in [6, 6.07) is 16.8. The molecule has 1 fully saturated rings. The number of hydrogen-bond acceptors (Lipinski definition) is 3. The lowest BCUT2D eigenvalue weighted by Gasteiger charge is -2.26. The van der Waals surface area contributed by atoms with Crippen LogP contribution in [0.2, 0.25) is 0 Å². The van der Waals surface area contributed by atoms with E-state index in [4.69, 9.17) is 4.74 Å². The Hall–Kier alpha value is -2.82. The van der Waals surface area contributed by atoms with Gasteiger partial charge in [-0.1, -0.05) is 42.5 Å². The van der Waals surface area contributed by atoms with E-state index in [1.807, 2.05) is 54.6 Å². The van der Waals surface area contributed by atoms with Gasteiger partial charge in [-0.3, -0.25) is 9.59 Å². The average Bonchev–Trinajstić information content (AvgIpc) is 3.17. The maximum atomic E-state index is 12.9. The van der Waals surface area contributed by atoms with Gasteiger partial charge in [-0.05, 0) is 36.1 Å². The summed E-state index contributed by atoms with van der Waals surface area (Å²) in [5, 5.41) is 3.14. The number of likely N-dealkylation sites (tertiary alicyclic amines) is 1. The number of nitrogens with zero attached hydrogens (tertiary/aromatic N) is 1. The molecule has 5 heteroatoms. The number of carbonyl (C=O) groups excluding carboxylic acids is 2. The monoisotopic (exact) mass is 352 g/mol. The summed E-state index contributed by atoms with van der Waals surface area (Å²) in [5.41, 5.74) is 1.97. The van der Waals surface area contributed by atoms with Gasteiger partial charge in [-0.25, -0.2) is 0 Å². The van der Waals surface area contributed by atoms with E-state index in [0.29, 0.717) is 13.0 Å². The number of amides is 2. The highest BCUT2D eigenvalue weighted by Gasteiger charge is 2.33. The van der Waals surface area contributed by atoms with Crippen LogP contribution in [0.1, 0.15) is 36.9 Å². The van der Waals surface area contributed by atoms with Crippen LogP contribution in [0.5, 0.6) is 5.75 Å². The van der Waals surface area contributed by atoms with E-state index in [-0.39, 0.29) is 17.9 Å². The van der Waals surface area contributed by atoms with Gasteiger partial charge in [-0.15, -0.1) is 0 Å². The van der Waals surface area contributed by atoms with Gasteiger partial charge in [0.25, 0.3) is 0 Å². The number of rotatable bonds is 5. The molecule has 2 amide bonds. The van der Waals surface area contributed by atoms with Crippen LogP contribution in [0.25, 0.3) is 0 Å². The van der Waals surface area contributed by atoms with Gasteiger partial charge in [0, 0.05) is 13.5 Å². The molecule has 1 aliphatic rings. The molecule has 0 aromatic heterocycles. The molecule has 0 bridgehead atoms. The third-order valence-corrected chi connectivity index (χ3v) is 4.83. The predicted octanol–water partition coefficient (Wildman–Crippen LogP) is 2.91. The van der Waals surface area contributed by atoms with Crippen molar-refractivity contribution < 1.29 is 14.3 Å². The van der Waals surface area contributed by atoms with Crippen LogP contribution < -0.4 is 10.1 Å². The van der Waals surface area contributed by atoms with Crippen molar-refractivity contribution in [3.63, 3.8) is 0 Å². The zero-order chi connectivity index (χ0) is 18.5. The Morgan fingerprint density at radius 3 is 2.35 bits per heavy atom. The van der Waals surface area contributed by atoms with Crippen molar-refractivity contribution in [3.8, 4) is 5.75 Å². The first-order valence-corrected chi connectivity index (χ1v) is 8.86. The summed E-state index contributed by atoms with van der Waals surface area (Å²) in [6.07, 6.45) is 1.56. The first kappa shape index (κ1) is 18.0. The molecule has 0 spiro atoms. The zero-order valence-corrected chi connectivity index (χ0v) is 15.1. The van der Waals surface area contributed by atoms with Crippen molar-refractivity contribution in [1.29, 1.82) is 0 Å². The second-order valence-electron chi connectivity index (χ2n) is 6.50. The Kier molecular flexibility index (Phi) is 5.56. The highest BCUT2D eigenvalue weighted by molar-refractivity contribution is 5.88. The lowest BCUT2D eigenvalue weighted by Crippen LogP contribution is -2.46. The van der Waals surface area contributed by atoms with Crippen molar-refractivity contribution in [1.82, 2.24) is 10.2 Å². The molecule has 1 N–H and O–H groups in total. The lowest BCUT2D eigenvalue weighted by molar-refractivity contribution is -0.137. The first-order valence-electron chi connectivity index (χ1n) is 8.86. The SMILES string of the molecule is COc1ccc(C(NC(=O)C2CCCN2C(C)=O)c2ccccc2)cc1. The number of methoxy groups -OCH3 is 1. The lowest BCUT2D eigenvalue weighted by atomic mass is 9.98. The molecule has 0 radical (unpaired) electrons. The van der Waals surface area contributed by atoms with Gasteiger partial charge in [-0.2, -0.15) is 0 Å². The van der Waals surface area contributed by atoms with E-state index in [0.717, 1.165) is 23.3 Å². The molecule has 0 aliphatic carbocycles. The van der Waals surface area contributed by atoms with Gasteiger partial charge in [0.1, 0.15) is 11.8 Å². The molecule has 1 saturated heterocycles. The van der Waals surface area contributed by atoms with Crippen LogP contribution >= 0.6 is 0 Å². The summed E-state index contributed by atoms with van der Waals surface area (Å²) in [5.74, 6) is 0.608. The Labute approximate surface area is 154 Å². The summed E-state index contributed by atoms with van der Waals surface area (Å²) in [7, 11) is 1.63. The van der Waals surface area contributed by atoms with Gasteiger partial charge in [0.05, 0.1) is 13.2 Å². The maximum absolute atomic E-state index is 12.9. The van der Waals surface area contributed by atoms with Gasteiger partial charge in [0.15, 0.2) is 0 Å².